The molecule has 6 nitrogen and oxygen atoms in total. The Morgan fingerprint density at radius 3 is 2.33 bits per heavy atom. The van der Waals surface area contributed by atoms with Crippen LogP contribution in [0.25, 0.3) is 0 Å². The highest BCUT2D eigenvalue weighted by molar-refractivity contribution is 14.0. The molecule has 1 amide bonds. The number of rotatable bonds is 5. The number of benzene rings is 1. The van der Waals surface area contributed by atoms with Gasteiger partial charge in [-0.3, -0.25) is 4.79 Å². The van der Waals surface area contributed by atoms with Crippen LogP contribution in [-0.4, -0.2) is 54.7 Å². The third-order valence-corrected chi connectivity index (χ3v) is 4.10. The van der Waals surface area contributed by atoms with Gasteiger partial charge in [0, 0.05) is 31.2 Å². The fraction of sp³-hybridized carbons (Fsp3) is 0.600. The fourth-order valence-electron chi connectivity index (χ4n) is 3.04. The molecule has 2 rings (SSSR count). The van der Waals surface area contributed by atoms with E-state index in [0.29, 0.717) is 31.2 Å². The minimum Gasteiger partial charge on any atom is -0.372 e. The van der Waals surface area contributed by atoms with Crippen LogP contribution in [0, 0.1) is 0 Å². The summed E-state index contributed by atoms with van der Waals surface area (Å²) in [6.07, 6.45) is 0.156. The van der Waals surface area contributed by atoms with Crippen molar-refractivity contribution in [3.8, 4) is 0 Å². The van der Waals surface area contributed by atoms with E-state index in [4.69, 9.17) is 4.74 Å². The molecule has 152 valence electrons. The van der Waals surface area contributed by atoms with Crippen molar-refractivity contribution in [1.82, 2.24) is 15.5 Å². The maximum atomic E-state index is 12.7. The molecule has 2 N–H and O–H groups in total. The van der Waals surface area contributed by atoms with Gasteiger partial charge >= 0.3 is 0 Å². The Morgan fingerprint density at radius 2 is 1.81 bits per heavy atom. The molecule has 7 heteroatoms. The van der Waals surface area contributed by atoms with Gasteiger partial charge in [0.05, 0.1) is 18.8 Å². The number of amides is 1. The van der Waals surface area contributed by atoms with Crippen LogP contribution in [0.2, 0.25) is 0 Å². The number of nitrogens with zero attached hydrogens (tertiary/aromatic N) is 2. The molecule has 1 aromatic rings. The van der Waals surface area contributed by atoms with E-state index >= 15 is 0 Å². The minimum absolute atomic E-state index is 0. The first-order valence-electron chi connectivity index (χ1n) is 9.47. The number of hydrogen-bond donors (Lipinski definition) is 2. The van der Waals surface area contributed by atoms with Crippen molar-refractivity contribution < 1.29 is 9.53 Å². The summed E-state index contributed by atoms with van der Waals surface area (Å²) in [5.41, 5.74) is 1.79. The molecule has 0 radical (unpaired) electrons. The van der Waals surface area contributed by atoms with Gasteiger partial charge in [-0.25, -0.2) is 4.99 Å². The number of carbonyl (C=O) groups excluding carboxylic acids is 1. The second-order valence-electron chi connectivity index (χ2n) is 7.16. The number of nitrogens with one attached hydrogen (secondary N) is 2. The van der Waals surface area contributed by atoms with Crippen LogP contribution in [0.5, 0.6) is 0 Å². The summed E-state index contributed by atoms with van der Waals surface area (Å²) in [6, 6.07) is 8.05. The van der Waals surface area contributed by atoms with Gasteiger partial charge in [0.1, 0.15) is 0 Å². The normalized spacial score (nSPS) is 20.2. The molecule has 2 atom stereocenters. The summed E-state index contributed by atoms with van der Waals surface area (Å²) in [6.45, 7) is 12.9. The van der Waals surface area contributed by atoms with Gasteiger partial charge < -0.3 is 20.3 Å². The molecule has 0 aromatic heterocycles. The maximum absolute atomic E-state index is 12.7. The van der Waals surface area contributed by atoms with E-state index in [0.717, 1.165) is 18.1 Å². The second kappa shape index (κ2) is 11.5. The van der Waals surface area contributed by atoms with Crippen molar-refractivity contribution >= 4 is 35.8 Å². The smallest absolute Gasteiger partial charge is 0.254 e. The molecule has 2 unspecified atom stereocenters. The summed E-state index contributed by atoms with van der Waals surface area (Å²) in [5, 5.41) is 6.53. The third kappa shape index (κ3) is 7.65. The van der Waals surface area contributed by atoms with Crippen molar-refractivity contribution in [2.75, 3.05) is 19.6 Å². The topological polar surface area (TPSA) is 66.0 Å². The Labute approximate surface area is 180 Å². The molecule has 1 aliphatic heterocycles. The average Bonchev–Trinajstić information content (AvgIpc) is 2.58. The third-order valence-electron chi connectivity index (χ3n) is 4.10. The van der Waals surface area contributed by atoms with Crippen molar-refractivity contribution in [2.45, 2.75) is 59.4 Å². The molecular weight excluding hydrogens is 455 g/mol. The highest BCUT2D eigenvalue weighted by Crippen LogP contribution is 2.15. The molecule has 1 aliphatic rings. The lowest BCUT2D eigenvalue weighted by molar-refractivity contribution is -0.0586. The van der Waals surface area contributed by atoms with Gasteiger partial charge in [-0.1, -0.05) is 12.1 Å². The second-order valence-corrected chi connectivity index (χ2v) is 7.16. The molecule has 0 aliphatic carbocycles. The van der Waals surface area contributed by atoms with Gasteiger partial charge in [-0.15, -0.1) is 24.0 Å². The van der Waals surface area contributed by atoms with Crippen LogP contribution in [-0.2, 0) is 11.3 Å². The number of aliphatic imine (C=N–C) groups is 1. The Kier molecular flexibility index (Phi) is 10.1. The number of hydrogen-bond acceptors (Lipinski definition) is 3. The molecule has 0 spiro atoms. The van der Waals surface area contributed by atoms with Crippen molar-refractivity contribution in [3.63, 3.8) is 0 Å². The molecular formula is C20H33IN4O2. The summed E-state index contributed by atoms with van der Waals surface area (Å²) in [4.78, 5) is 19.2. The van der Waals surface area contributed by atoms with E-state index < -0.39 is 0 Å². The molecule has 1 aromatic carbocycles. The Balaban J connectivity index is 0.00000364. The lowest BCUT2D eigenvalue weighted by atomic mass is 10.1. The van der Waals surface area contributed by atoms with E-state index in [-0.39, 0.29) is 42.1 Å². The summed E-state index contributed by atoms with van der Waals surface area (Å²) < 4.78 is 5.70. The first-order valence-corrected chi connectivity index (χ1v) is 9.47. The van der Waals surface area contributed by atoms with Gasteiger partial charge in [-0.05, 0) is 52.3 Å². The number of ether oxygens (including phenoxy) is 1. The molecule has 27 heavy (non-hydrogen) atoms. The predicted molar refractivity (Wildman–Crippen MR) is 121 cm³/mol. The first-order chi connectivity index (χ1) is 12.4. The van der Waals surface area contributed by atoms with E-state index in [2.05, 4.69) is 29.5 Å². The van der Waals surface area contributed by atoms with Gasteiger partial charge in [-0.2, -0.15) is 0 Å². The van der Waals surface area contributed by atoms with E-state index in [9.17, 15) is 4.79 Å². The highest BCUT2D eigenvalue weighted by Gasteiger charge is 2.26. The molecule has 0 bridgehead atoms. The zero-order chi connectivity index (χ0) is 19.1. The molecule has 1 heterocycles. The van der Waals surface area contributed by atoms with E-state index in [1.165, 1.54) is 0 Å². The Morgan fingerprint density at radius 1 is 1.22 bits per heavy atom. The van der Waals surface area contributed by atoms with Gasteiger partial charge in [0.2, 0.25) is 0 Å². The van der Waals surface area contributed by atoms with Crippen LogP contribution >= 0.6 is 24.0 Å². The predicted octanol–water partition coefficient (Wildman–Crippen LogP) is 3.02. The highest BCUT2D eigenvalue weighted by atomic mass is 127. The minimum atomic E-state index is 0. The van der Waals surface area contributed by atoms with Crippen molar-refractivity contribution in [3.05, 3.63) is 35.4 Å². The van der Waals surface area contributed by atoms with Crippen LogP contribution in [0.3, 0.4) is 0 Å². The largest absolute Gasteiger partial charge is 0.372 e. The lowest BCUT2D eigenvalue weighted by Crippen LogP contribution is -2.48. The molecule has 1 fully saturated rings. The summed E-state index contributed by atoms with van der Waals surface area (Å²) in [7, 11) is 0. The van der Waals surface area contributed by atoms with Crippen LogP contribution < -0.4 is 10.6 Å². The zero-order valence-corrected chi connectivity index (χ0v) is 19.3. The number of morpholine rings is 1. The van der Waals surface area contributed by atoms with Crippen LogP contribution in [0.4, 0.5) is 0 Å². The fourth-order valence-corrected chi connectivity index (χ4v) is 3.04. The Hall–Kier alpha value is -1.35. The quantitative estimate of drug-likeness (QED) is 0.380. The zero-order valence-electron chi connectivity index (χ0n) is 17.0. The van der Waals surface area contributed by atoms with Gasteiger partial charge in [0.15, 0.2) is 5.96 Å². The van der Waals surface area contributed by atoms with Gasteiger partial charge in [0.25, 0.3) is 5.91 Å². The van der Waals surface area contributed by atoms with Crippen LogP contribution in [0.15, 0.2) is 29.3 Å². The average molecular weight is 488 g/mol. The number of halogens is 1. The lowest BCUT2D eigenvalue weighted by Gasteiger charge is -2.35. The molecule has 0 saturated carbocycles. The standard InChI is InChI=1S/C20H32N4O2.HI/c1-6-21-20(23-14(2)3)22-11-17-7-9-18(10-8-17)19(25)24-12-15(4)26-16(5)13-24;/h7-10,14-16H,6,11-13H2,1-5H3,(H2,21,22,23);1H. The van der Waals surface area contributed by atoms with E-state index in [1.54, 1.807) is 0 Å². The van der Waals surface area contributed by atoms with Crippen molar-refractivity contribution in [2.24, 2.45) is 4.99 Å². The van der Waals surface area contributed by atoms with E-state index in [1.807, 2.05) is 49.9 Å². The summed E-state index contributed by atoms with van der Waals surface area (Å²) >= 11 is 0. The monoisotopic (exact) mass is 488 g/mol. The number of carbonyl (C=O) groups is 1. The van der Waals surface area contributed by atoms with Crippen LogP contribution in [0.1, 0.15) is 50.5 Å². The molecule has 1 saturated heterocycles. The maximum Gasteiger partial charge on any atom is 0.254 e. The van der Waals surface area contributed by atoms with Crippen molar-refractivity contribution in [1.29, 1.82) is 0 Å². The number of guanidine groups is 1. The Bertz CT molecular complexity index is 609. The first kappa shape index (κ1) is 23.7. The summed E-state index contributed by atoms with van der Waals surface area (Å²) in [5.74, 6) is 0.871. The SMILES string of the molecule is CCNC(=NCc1ccc(C(=O)N2CC(C)OC(C)C2)cc1)NC(C)C.I.